The Kier molecular flexibility index (Phi) is 8.62. The summed E-state index contributed by atoms with van der Waals surface area (Å²) in [6.45, 7) is 1.64. The molecule has 1 unspecified atom stereocenters. The van der Waals surface area contributed by atoms with E-state index in [2.05, 4.69) is 5.32 Å². The van der Waals surface area contributed by atoms with Crippen LogP contribution in [0.4, 0.5) is 0 Å². The highest BCUT2D eigenvalue weighted by Crippen LogP contribution is 2.19. The molecule has 0 radical (unpaired) electrons. The van der Waals surface area contributed by atoms with Crippen molar-refractivity contribution in [3.8, 4) is 5.75 Å². The van der Waals surface area contributed by atoms with Crippen molar-refractivity contribution < 1.29 is 9.84 Å². The van der Waals surface area contributed by atoms with Gasteiger partial charge in [0.1, 0.15) is 12.4 Å². The Morgan fingerprint density at radius 2 is 1.56 bits per heavy atom. The maximum Gasteiger partial charge on any atom is 0.119 e. The highest BCUT2D eigenvalue weighted by Gasteiger charge is 2.06. The van der Waals surface area contributed by atoms with Crippen LogP contribution in [0.3, 0.4) is 0 Å². The largest absolute Gasteiger partial charge is 0.489 e. The fourth-order valence-electron chi connectivity index (χ4n) is 2.63. The lowest BCUT2D eigenvalue weighted by atomic mass is 10.1. The van der Waals surface area contributed by atoms with E-state index in [1.807, 2.05) is 78.9 Å². The zero-order valence-corrected chi connectivity index (χ0v) is 16.4. The molecule has 0 heterocycles. The summed E-state index contributed by atoms with van der Waals surface area (Å²) in [4.78, 5) is 0. The molecule has 5 heteroatoms. The average molecular weight is 404 g/mol. The van der Waals surface area contributed by atoms with Gasteiger partial charge in [-0.2, -0.15) is 0 Å². The number of hydrogen-bond acceptors (Lipinski definition) is 3. The predicted molar refractivity (Wildman–Crippen MR) is 113 cm³/mol. The molecule has 142 valence electrons. The monoisotopic (exact) mass is 403 g/mol. The minimum absolute atomic E-state index is 0. The molecule has 3 rings (SSSR count). The van der Waals surface area contributed by atoms with Crippen LogP contribution in [-0.4, -0.2) is 11.7 Å². The summed E-state index contributed by atoms with van der Waals surface area (Å²) in [7, 11) is 0. The van der Waals surface area contributed by atoms with Crippen molar-refractivity contribution >= 4 is 24.0 Å². The maximum atomic E-state index is 10.1. The molecule has 0 bridgehead atoms. The second-order valence-corrected chi connectivity index (χ2v) is 6.49. The van der Waals surface area contributed by atoms with Gasteiger partial charge in [-0.05, 0) is 29.3 Å². The third kappa shape index (κ3) is 6.56. The molecule has 1 atom stereocenters. The zero-order chi connectivity index (χ0) is 18.2. The Morgan fingerprint density at radius 1 is 0.889 bits per heavy atom. The highest BCUT2D eigenvalue weighted by atomic mass is 35.5. The Hall–Kier alpha value is -2.04. The molecule has 27 heavy (non-hydrogen) atoms. The van der Waals surface area contributed by atoms with Crippen LogP contribution < -0.4 is 10.1 Å². The lowest BCUT2D eigenvalue weighted by Crippen LogP contribution is -2.20. The van der Waals surface area contributed by atoms with E-state index in [1.165, 1.54) is 0 Å². The summed E-state index contributed by atoms with van der Waals surface area (Å²) >= 11 is 6.13. The third-order valence-corrected chi connectivity index (χ3v) is 4.50. The van der Waals surface area contributed by atoms with E-state index in [4.69, 9.17) is 16.3 Å². The number of aliphatic hydroxyl groups excluding tert-OH is 1. The Balaban J connectivity index is 0.00000261. The van der Waals surface area contributed by atoms with Gasteiger partial charge in [-0.25, -0.2) is 0 Å². The van der Waals surface area contributed by atoms with Crippen molar-refractivity contribution in [1.29, 1.82) is 0 Å². The van der Waals surface area contributed by atoms with Crippen LogP contribution in [0.2, 0.25) is 5.02 Å². The normalized spacial score (nSPS) is 11.5. The van der Waals surface area contributed by atoms with Gasteiger partial charge in [0.25, 0.3) is 0 Å². The van der Waals surface area contributed by atoms with Crippen LogP contribution in [0.25, 0.3) is 0 Å². The van der Waals surface area contributed by atoms with Gasteiger partial charge in [-0.1, -0.05) is 72.3 Å². The molecule has 0 fully saturated rings. The summed E-state index contributed by atoms with van der Waals surface area (Å²) in [5.74, 6) is 0.804. The van der Waals surface area contributed by atoms with Crippen molar-refractivity contribution in [2.75, 3.05) is 6.54 Å². The van der Waals surface area contributed by atoms with Gasteiger partial charge in [0.05, 0.1) is 6.10 Å². The third-order valence-electron chi connectivity index (χ3n) is 4.13. The lowest BCUT2D eigenvalue weighted by Gasteiger charge is -2.12. The summed E-state index contributed by atoms with van der Waals surface area (Å²) in [6, 6.07) is 25.3. The molecule has 3 aromatic rings. The van der Waals surface area contributed by atoms with E-state index in [-0.39, 0.29) is 12.4 Å². The molecule has 0 saturated carbocycles. The van der Waals surface area contributed by atoms with Gasteiger partial charge in [-0.15, -0.1) is 12.4 Å². The Bertz CT molecular complexity index is 810. The number of rotatable bonds is 8. The van der Waals surface area contributed by atoms with Crippen molar-refractivity contribution in [1.82, 2.24) is 5.32 Å². The fraction of sp³-hybridized carbons (Fsp3) is 0.182. The maximum absolute atomic E-state index is 10.1. The average Bonchev–Trinajstić information content (AvgIpc) is 2.69. The highest BCUT2D eigenvalue weighted by molar-refractivity contribution is 6.31. The molecular weight excluding hydrogens is 381 g/mol. The summed E-state index contributed by atoms with van der Waals surface area (Å²) in [5.41, 5.74) is 3.02. The fourth-order valence-corrected chi connectivity index (χ4v) is 2.82. The van der Waals surface area contributed by atoms with E-state index in [0.29, 0.717) is 24.7 Å². The zero-order valence-electron chi connectivity index (χ0n) is 14.8. The standard InChI is InChI=1S/C22H22ClNO2.ClH/c23-21-9-5-4-8-19(21)16-26-20-12-10-17(11-13-20)14-24-15-22(25)18-6-2-1-3-7-18;/h1-13,22,24-25H,14-16H2;1H. The second kappa shape index (κ2) is 11.0. The molecular formula is C22H23Cl2NO2. The molecule has 0 aliphatic heterocycles. The van der Waals surface area contributed by atoms with Gasteiger partial charge in [0, 0.05) is 23.7 Å². The van der Waals surface area contributed by atoms with Crippen LogP contribution in [0.5, 0.6) is 5.75 Å². The first-order valence-electron chi connectivity index (χ1n) is 8.61. The number of aliphatic hydroxyl groups is 1. The van der Waals surface area contributed by atoms with Crippen LogP contribution in [-0.2, 0) is 13.2 Å². The van der Waals surface area contributed by atoms with E-state index >= 15 is 0 Å². The molecule has 3 nitrogen and oxygen atoms in total. The Morgan fingerprint density at radius 3 is 2.26 bits per heavy atom. The summed E-state index contributed by atoms with van der Waals surface area (Å²) < 4.78 is 5.78. The first kappa shape index (κ1) is 21.3. The quantitative estimate of drug-likeness (QED) is 0.545. The van der Waals surface area contributed by atoms with E-state index < -0.39 is 6.10 Å². The van der Waals surface area contributed by atoms with Gasteiger partial charge in [0.2, 0.25) is 0 Å². The van der Waals surface area contributed by atoms with Crippen molar-refractivity contribution in [3.05, 3.63) is 101 Å². The molecule has 0 aliphatic rings. The minimum Gasteiger partial charge on any atom is -0.489 e. The first-order valence-corrected chi connectivity index (χ1v) is 8.99. The van der Waals surface area contributed by atoms with Gasteiger partial charge in [0.15, 0.2) is 0 Å². The topological polar surface area (TPSA) is 41.5 Å². The molecule has 3 aromatic carbocycles. The molecule has 0 amide bonds. The van der Waals surface area contributed by atoms with Crippen molar-refractivity contribution in [3.63, 3.8) is 0 Å². The molecule has 0 aromatic heterocycles. The van der Waals surface area contributed by atoms with Gasteiger partial charge < -0.3 is 15.2 Å². The van der Waals surface area contributed by atoms with Crippen LogP contribution in [0.15, 0.2) is 78.9 Å². The lowest BCUT2D eigenvalue weighted by molar-refractivity contribution is 0.174. The molecule has 0 saturated heterocycles. The summed E-state index contributed by atoms with van der Waals surface area (Å²) in [5, 5.41) is 14.1. The van der Waals surface area contributed by atoms with Crippen molar-refractivity contribution in [2.24, 2.45) is 0 Å². The number of ether oxygens (including phenoxy) is 1. The summed E-state index contributed by atoms with van der Waals surface area (Å²) in [6.07, 6.45) is -0.505. The molecule has 0 spiro atoms. The van der Waals surface area contributed by atoms with Crippen LogP contribution in [0, 0.1) is 0 Å². The number of benzene rings is 3. The van der Waals surface area contributed by atoms with Gasteiger partial charge >= 0.3 is 0 Å². The van der Waals surface area contributed by atoms with E-state index in [1.54, 1.807) is 0 Å². The minimum atomic E-state index is -0.505. The Labute approximate surface area is 171 Å². The smallest absolute Gasteiger partial charge is 0.119 e. The van der Waals surface area contributed by atoms with Crippen LogP contribution in [0.1, 0.15) is 22.8 Å². The van der Waals surface area contributed by atoms with E-state index in [9.17, 15) is 5.11 Å². The van der Waals surface area contributed by atoms with Crippen molar-refractivity contribution in [2.45, 2.75) is 19.3 Å². The number of halogens is 2. The predicted octanol–water partition coefficient (Wildman–Crippen LogP) is 5.16. The number of hydrogen-bond donors (Lipinski definition) is 2. The molecule has 0 aliphatic carbocycles. The second-order valence-electron chi connectivity index (χ2n) is 6.08. The SMILES string of the molecule is Cl.OC(CNCc1ccc(OCc2ccccc2Cl)cc1)c1ccccc1. The van der Waals surface area contributed by atoms with Crippen LogP contribution >= 0.6 is 24.0 Å². The first-order chi connectivity index (χ1) is 12.7. The van der Waals surface area contributed by atoms with E-state index in [0.717, 1.165) is 22.4 Å². The number of nitrogens with one attached hydrogen (secondary N) is 1. The molecule has 2 N–H and O–H groups in total. The van der Waals surface area contributed by atoms with Gasteiger partial charge in [-0.3, -0.25) is 0 Å².